The zero-order chi connectivity index (χ0) is 13.3. The topological polar surface area (TPSA) is 75.3 Å². The Labute approximate surface area is 105 Å². The number of anilines is 2. The summed E-state index contributed by atoms with van der Waals surface area (Å²) in [5, 5.41) is 12.1. The van der Waals surface area contributed by atoms with E-state index >= 15 is 0 Å². The van der Waals surface area contributed by atoms with Crippen molar-refractivity contribution in [2.75, 3.05) is 11.1 Å². The molecule has 0 aromatic heterocycles. The number of nitrogen functional groups attached to an aromatic ring is 1. The van der Waals surface area contributed by atoms with E-state index in [9.17, 15) is 9.18 Å². The molecule has 4 N–H and O–H groups in total. The van der Waals surface area contributed by atoms with Gasteiger partial charge in [0.2, 0.25) is 0 Å². The summed E-state index contributed by atoms with van der Waals surface area (Å²) >= 11 is 0. The molecule has 5 heteroatoms. The predicted molar refractivity (Wildman–Crippen MR) is 68.3 cm³/mol. The maximum absolute atomic E-state index is 13.8. The van der Waals surface area contributed by atoms with Crippen molar-refractivity contribution in [3.8, 4) is 0 Å². The van der Waals surface area contributed by atoms with E-state index < -0.39 is 11.8 Å². The summed E-state index contributed by atoms with van der Waals surface area (Å²) in [6, 6.07) is 2.33. The lowest BCUT2D eigenvalue weighted by Gasteiger charge is -2.27. The average Bonchev–Trinajstić information content (AvgIpc) is 2.69. The summed E-state index contributed by atoms with van der Waals surface area (Å²) in [4.78, 5) is 11.0. The van der Waals surface area contributed by atoms with Crippen LogP contribution in [0.1, 0.15) is 43.0 Å². The predicted octanol–water partition coefficient (Wildman–Crippen LogP) is 2.85. The van der Waals surface area contributed by atoms with Crippen LogP contribution in [-0.2, 0) is 0 Å². The monoisotopic (exact) mass is 252 g/mol. The minimum absolute atomic E-state index is 0.0536. The molecule has 0 heterocycles. The zero-order valence-electron chi connectivity index (χ0n) is 10.3. The van der Waals surface area contributed by atoms with Crippen LogP contribution in [0.4, 0.5) is 15.8 Å². The van der Waals surface area contributed by atoms with Crippen molar-refractivity contribution in [3.05, 3.63) is 23.5 Å². The largest absolute Gasteiger partial charge is 0.478 e. The molecule has 0 amide bonds. The highest BCUT2D eigenvalue weighted by Gasteiger charge is 2.29. The molecule has 98 valence electrons. The number of carboxylic acid groups (broad SMARTS) is 1. The lowest BCUT2D eigenvalue weighted by molar-refractivity contribution is 0.0698. The van der Waals surface area contributed by atoms with Crippen LogP contribution in [0.25, 0.3) is 0 Å². The second-order valence-corrected chi connectivity index (χ2v) is 5.12. The van der Waals surface area contributed by atoms with Crippen molar-refractivity contribution in [1.29, 1.82) is 0 Å². The Kier molecular flexibility index (Phi) is 3.15. The fraction of sp³-hybridized carbons (Fsp3) is 0.462. The zero-order valence-corrected chi connectivity index (χ0v) is 10.3. The van der Waals surface area contributed by atoms with Gasteiger partial charge in [-0.3, -0.25) is 0 Å². The van der Waals surface area contributed by atoms with E-state index in [1.807, 2.05) is 6.92 Å². The maximum Gasteiger partial charge on any atom is 0.337 e. The number of aromatic carboxylic acids is 1. The second kappa shape index (κ2) is 4.48. The summed E-state index contributed by atoms with van der Waals surface area (Å²) < 4.78 is 13.8. The molecule has 1 fully saturated rings. The van der Waals surface area contributed by atoms with Gasteiger partial charge in [-0.25, -0.2) is 9.18 Å². The van der Waals surface area contributed by atoms with E-state index in [0.717, 1.165) is 31.7 Å². The first kappa shape index (κ1) is 12.7. The number of carbonyl (C=O) groups is 1. The molecule has 1 saturated carbocycles. The van der Waals surface area contributed by atoms with Gasteiger partial charge in [-0.2, -0.15) is 0 Å². The molecule has 1 aliphatic rings. The number of nitrogens with two attached hydrogens (primary N) is 1. The van der Waals surface area contributed by atoms with Gasteiger partial charge in [-0.05, 0) is 31.9 Å². The minimum Gasteiger partial charge on any atom is -0.478 e. The molecule has 0 radical (unpaired) electrons. The van der Waals surface area contributed by atoms with Crippen LogP contribution < -0.4 is 11.1 Å². The third-order valence-corrected chi connectivity index (χ3v) is 3.51. The molecular formula is C13H17FN2O2. The van der Waals surface area contributed by atoms with Crippen LogP contribution in [0.3, 0.4) is 0 Å². The highest BCUT2D eigenvalue weighted by molar-refractivity contribution is 5.94. The van der Waals surface area contributed by atoms with Crippen molar-refractivity contribution < 1.29 is 14.3 Å². The Hall–Kier alpha value is -1.78. The third-order valence-electron chi connectivity index (χ3n) is 3.51. The quantitative estimate of drug-likeness (QED) is 0.723. The molecule has 0 saturated heterocycles. The van der Waals surface area contributed by atoms with Crippen molar-refractivity contribution in [1.82, 2.24) is 0 Å². The molecule has 18 heavy (non-hydrogen) atoms. The average molecular weight is 252 g/mol. The molecular weight excluding hydrogens is 235 g/mol. The molecule has 0 bridgehead atoms. The van der Waals surface area contributed by atoms with E-state index in [0.29, 0.717) is 0 Å². The molecule has 2 rings (SSSR count). The van der Waals surface area contributed by atoms with Gasteiger partial charge in [-0.15, -0.1) is 0 Å². The van der Waals surface area contributed by atoms with Crippen molar-refractivity contribution in [3.63, 3.8) is 0 Å². The van der Waals surface area contributed by atoms with Gasteiger partial charge in [-0.1, -0.05) is 12.8 Å². The molecule has 0 spiro atoms. The smallest absolute Gasteiger partial charge is 0.337 e. The summed E-state index contributed by atoms with van der Waals surface area (Å²) in [5.41, 5.74) is 5.42. The SMILES string of the molecule is CC1(Nc2cc(C(=O)O)c(N)cc2F)CCCC1. The number of benzene rings is 1. The lowest BCUT2D eigenvalue weighted by Crippen LogP contribution is -2.31. The summed E-state index contributed by atoms with van der Waals surface area (Å²) in [6.45, 7) is 2.02. The van der Waals surface area contributed by atoms with Gasteiger partial charge in [0.25, 0.3) is 0 Å². The summed E-state index contributed by atoms with van der Waals surface area (Å²) in [5.74, 6) is -1.65. The molecule has 1 aliphatic carbocycles. The van der Waals surface area contributed by atoms with Gasteiger partial charge in [0.05, 0.1) is 11.3 Å². The van der Waals surface area contributed by atoms with Crippen LogP contribution in [0.2, 0.25) is 0 Å². The number of rotatable bonds is 3. The number of hydrogen-bond donors (Lipinski definition) is 3. The van der Waals surface area contributed by atoms with Crippen LogP contribution in [-0.4, -0.2) is 16.6 Å². The van der Waals surface area contributed by atoms with Gasteiger partial charge < -0.3 is 16.2 Å². The van der Waals surface area contributed by atoms with Gasteiger partial charge in [0.15, 0.2) is 0 Å². The number of halogens is 1. The molecule has 1 aromatic rings. The van der Waals surface area contributed by atoms with Gasteiger partial charge >= 0.3 is 5.97 Å². The fourth-order valence-corrected chi connectivity index (χ4v) is 2.48. The normalized spacial score (nSPS) is 17.7. The van der Waals surface area contributed by atoms with Gasteiger partial charge in [0, 0.05) is 11.2 Å². The van der Waals surface area contributed by atoms with Crippen molar-refractivity contribution in [2.24, 2.45) is 0 Å². The Morgan fingerprint density at radius 3 is 2.61 bits per heavy atom. The highest BCUT2D eigenvalue weighted by Crippen LogP contribution is 2.34. The Morgan fingerprint density at radius 1 is 1.44 bits per heavy atom. The maximum atomic E-state index is 13.8. The van der Waals surface area contributed by atoms with E-state index in [1.54, 1.807) is 0 Å². The van der Waals surface area contributed by atoms with Crippen LogP contribution >= 0.6 is 0 Å². The Morgan fingerprint density at radius 2 is 2.06 bits per heavy atom. The second-order valence-electron chi connectivity index (χ2n) is 5.12. The molecule has 0 aliphatic heterocycles. The Balaban J connectivity index is 2.32. The molecule has 0 atom stereocenters. The lowest BCUT2D eigenvalue weighted by atomic mass is 9.99. The van der Waals surface area contributed by atoms with E-state index in [2.05, 4.69) is 5.32 Å². The Bertz CT molecular complexity index is 482. The van der Waals surface area contributed by atoms with E-state index in [4.69, 9.17) is 10.8 Å². The standard InChI is InChI=1S/C13H17FN2O2/c1-13(4-2-3-5-13)16-11-6-8(12(17)18)10(15)7-9(11)14/h6-7,16H,2-5,15H2,1H3,(H,17,18). The molecule has 1 aromatic carbocycles. The minimum atomic E-state index is -1.15. The molecule has 0 unspecified atom stereocenters. The highest BCUT2D eigenvalue weighted by atomic mass is 19.1. The fourth-order valence-electron chi connectivity index (χ4n) is 2.48. The first-order valence-corrected chi connectivity index (χ1v) is 6.02. The van der Waals surface area contributed by atoms with Crippen LogP contribution in [0, 0.1) is 5.82 Å². The van der Waals surface area contributed by atoms with Crippen molar-refractivity contribution >= 4 is 17.3 Å². The number of hydrogen-bond acceptors (Lipinski definition) is 3. The number of carboxylic acids is 1. The van der Waals surface area contributed by atoms with Crippen LogP contribution in [0.5, 0.6) is 0 Å². The van der Waals surface area contributed by atoms with E-state index in [1.165, 1.54) is 6.07 Å². The third kappa shape index (κ3) is 2.39. The summed E-state index contributed by atoms with van der Waals surface area (Å²) in [7, 11) is 0. The van der Waals surface area contributed by atoms with Crippen LogP contribution in [0.15, 0.2) is 12.1 Å². The first-order chi connectivity index (χ1) is 8.41. The van der Waals surface area contributed by atoms with E-state index in [-0.39, 0.29) is 22.5 Å². The summed E-state index contributed by atoms with van der Waals surface area (Å²) in [6.07, 6.45) is 4.12. The number of nitrogens with one attached hydrogen (secondary N) is 1. The first-order valence-electron chi connectivity index (χ1n) is 6.02. The van der Waals surface area contributed by atoms with Crippen molar-refractivity contribution in [2.45, 2.75) is 38.1 Å². The van der Waals surface area contributed by atoms with Gasteiger partial charge in [0.1, 0.15) is 5.82 Å². The molecule has 4 nitrogen and oxygen atoms in total.